The summed E-state index contributed by atoms with van der Waals surface area (Å²) in [5.41, 5.74) is 5.14. The van der Waals surface area contributed by atoms with Crippen molar-refractivity contribution in [1.82, 2.24) is 9.80 Å². The molecule has 0 fully saturated rings. The van der Waals surface area contributed by atoms with Crippen LogP contribution in [0.1, 0.15) is 29.8 Å². The first-order valence-electron chi connectivity index (χ1n) is 13.0. The van der Waals surface area contributed by atoms with E-state index in [-0.39, 0.29) is 30.6 Å². The molecule has 0 aromatic heterocycles. The smallest absolute Gasteiger partial charge is 0.258 e. The molecule has 4 rings (SSSR count). The Hall–Kier alpha value is -3.35. The molecule has 3 atom stereocenters. The van der Waals surface area contributed by atoms with Crippen LogP contribution in [0.3, 0.4) is 0 Å². The zero-order chi connectivity index (χ0) is 26.5. The van der Waals surface area contributed by atoms with Crippen molar-refractivity contribution >= 4 is 11.6 Å². The zero-order valence-corrected chi connectivity index (χ0v) is 22.6. The highest BCUT2D eigenvalue weighted by molar-refractivity contribution is 5.98. The van der Waals surface area contributed by atoms with Crippen molar-refractivity contribution in [2.24, 2.45) is 5.92 Å². The molecule has 0 aliphatic carbocycles. The van der Waals surface area contributed by atoms with Crippen LogP contribution in [-0.4, -0.2) is 73.8 Å². The maximum atomic E-state index is 13.5. The molecule has 1 aliphatic rings. The number of aliphatic hydroxyl groups excluding tert-OH is 1. The highest BCUT2D eigenvalue weighted by atomic mass is 16.5. The molecule has 37 heavy (non-hydrogen) atoms. The SMILES string of the molecule is C[C@@H]1CN([C@@H](C)CO)C(=O)c2cc(N(C)C)ccc2O[C@@H]1CN(C)Cc1ccc(-c2ccccc2)cc1. The predicted molar refractivity (Wildman–Crippen MR) is 150 cm³/mol. The van der Waals surface area contributed by atoms with Gasteiger partial charge in [0.15, 0.2) is 0 Å². The Morgan fingerprint density at radius 3 is 2.32 bits per heavy atom. The third-order valence-electron chi connectivity index (χ3n) is 7.17. The molecule has 0 bridgehead atoms. The van der Waals surface area contributed by atoms with Crippen LogP contribution in [0.2, 0.25) is 0 Å². The van der Waals surface area contributed by atoms with E-state index in [1.54, 1.807) is 4.90 Å². The molecule has 6 nitrogen and oxygen atoms in total. The lowest BCUT2D eigenvalue weighted by Gasteiger charge is -2.38. The van der Waals surface area contributed by atoms with Gasteiger partial charge in [-0.15, -0.1) is 0 Å². The first-order chi connectivity index (χ1) is 17.8. The molecule has 1 aliphatic heterocycles. The number of benzene rings is 3. The molecule has 1 heterocycles. The lowest BCUT2D eigenvalue weighted by atomic mass is 9.99. The number of rotatable bonds is 8. The van der Waals surface area contributed by atoms with Crippen molar-refractivity contribution in [3.05, 3.63) is 83.9 Å². The van der Waals surface area contributed by atoms with Gasteiger partial charge in [0.1, 0.15) is 11.9 Å². The molecule has 6 heteroatoms. The minimum atomic E-state index is -0.273. The van der Waals surface area contributed by atoms with Crippen molar-refractivity contribution in [3.63, 3.8) is 0 Å². The van der Waals surface area contributed by atoms with Crippen molar-refractivity contribution in [1.29, 1.82) is 0 Å². The molecule has 0 saturated heterocycles. The third kappa shape index (κ3) is 6.32. The third-order valence-corrected chi connectivity index (χ3v) is 7.17. The average molecular weight is 502 g/mol. The first-order valence-corrected chi connectivity index (χ1v) is 13.0. The van der Waals surface area contributed by atoms with E-state index < -0.39 is 0 Å². The van der Waals surface area contributed by atoms with Gasteiger partial charge in [-0.25, -0.2) is 0 Å². The minimum Gasteiger partial charge on any atom is -0.488 e. The average Bonchev–Trinajstić information content (AvgIpc) is 2.90. The van der Waals surface area contributed by atoms with Crippen LogP contribution in [0.15, 0.2) is 72.8 Å². The quantitative estimate of drug-likeness (QED) is 0.482. The lowest BCUT2D eigenvalue weighted by molar-refractivity contribution is 0.0341. The molecule has 0 radical (unpaired) electrons. The van der Waals surface area contributed by atoms with E-state index in [9.17, 15) is 9.90 Å². The van der Waals surface area contributed by atoms with Gasteiger partial charge in [-0.2, -0.15) is 0 Å². The molecular formula is C31H39N3O3. The van der Waals surface area contributed by atoms with Crippen LogP contribution in [0, 0.1) is 5.92 Å². The predicted octanol–water partition coefficient (Wildman–Crippen LogP) is 4.77. The standard InChI is InChI=1S/C31H39N3O3/c1-22-18-34(23(2)21-35)31(36)28-17-27(32(3)4)15-16-29(28)37-30(22)20-33(5)19-24-11-13-26(14-12-24)25-9-7-6-8-10-25/h6-17,22-23,30,35H,18-21H2,1-5H3/t22-,23+,30-/m1/s1. The Bertz CT molecular complexity index is 1180. The summed E-state index contributed by atoms with van der Waals surface area (Å²) in [5, 5.41) is 9.87. The summed E-state index contributed by atoms with van der Waals surface area (Å²) in [6.07, 6.45) is -0.112. The van der Waals surface area contributed by atoms with Crippen LogP contribution >= 0.6 is 0 Å². The molecular weight excluding hydrogens is 462 g/mol. The number of fused-ring (bicyclic) bond motifs is 1. The fraction of sp³-hybridized carbons (Fsp3) is 0.387. The minimum absolute atomic E-state index is 0.0778. The van der Waals surface area contributed by atoms with Crippen LogP contribution in [0.25, 0.3) is 11.1 Å². The van der Waals surface area contributed by atoms with Crippen LogP contribution in [-0.2, 0) is 6.54 Å². The van der Waals surface area contributed by atoms with E-state index in [1.165, 1.54) is 16.7 Å². The number of aliphatic hydroxyl groups is 1. The molecule has 0 saturated carbocycles. The van der Waals surface area contributed by atoms with Gasteiger partial charge >= 0.3 is 0 Å². The molecule has 0 spiro atoms. The maximum Gasteiger partial charge on any atom is 0.258 e. The Morgan fingerprint density at radius 2 is 1.68 bits per heavy atom. The van der Waals surface area contributed by atoms with E-state index in [2.05, 4.69) is 67.4 Å². The van der Waals surface area contributed by atoms with E-state index in [1.807, 2.05) is 50.2 Å². The Morgan fingerprint density at radius 1 is 1.00 bits per heavy atom. The summed E-state index contributed by atoms with van der Waals surface area (Å²) in [4.78, 5) is 19.6. The fourth-order valence-electron chi connectivity index (χ4n) is 4.82. The number of nitrogens with zero attached hydrogens (tertiary/aromatic N) is 3. The topological polar surface area (TPSA) is 56.3 Å². The van der Waals surface area contributed by atoms with Crippen molar-refractivity contribution in [3.8, 4) is 16.9 Å². The van der Waals surface area contributed by atoms with Crippen LogP contribution < -0.4 is 9.64 Å². The molecule has 196 valence electrons. The molecule has 1 N–H and O–H groups in total. The number of carbonyl (C=O) groups is 1. The molecule has 1 amide bonds. The number of anilines is 1. The largest absolute Gasteiger partial charge is 0.488 e. The van der Waals surface area contributed by atoms with Gasteiger partial charge in [0, 0.05) is 45.3 Å². The monoisotopic (exact) mass is 501 g/mol. The number of ether oxygens (including phenoxy) is 1. The molecule has 0 unspecified atom stereocenters. The highest BCUT2D eigenvalue weighted by Gasteiger charge is 2.33. The number of likely N-dealkylation sites (N-methyl/N-ethyl adjacent to an activating group) is 1. The Kier molecular flexibility index (Phi) is 8.52. The molecule has 3 aromatic carbocycles. The second kappa shape index (κ2) is 11.8. The summed E-state index contributed by atoms with van der Waals surface area (Å²) in [5.74, 6) is 0.586. The summed E-state index contributed by atoms with van der Waals surface area (Å²) in [6.45, 7) is 5.97. The summed E-state index contributed by atoms with van der Waals surface area (Å²) >= 11 is 0. The number of hydrogen-bond acceptors (Lipinski definition) is 5. The Balaban J connectivity index is 1.53. The van der Waals surface area contributed by atoms with Gasteiger partial charge in [0.2, 0.25) is 0 Å². The number of carbonyl (C=O) groups excluding carboxylic acids is 1. The van der Waals surface area contributed by atoms with Crippen LogP contribution in [0.5, 0.6) is 5.75 Å². The first kappa shape index (κ1) is 26.7. The summed E-state index contributed by atoms with van der Waals surface area (Å²) < 4.78 is 6.53. The van der Waals surface area contributed by atoms with Crippen molar-refractivity contribution in [2.45, 2.75) is 32.5 Å². The fourth-order valence-corrected chi connectivity index (χ4v) is 4.82. The van der Waals surface area contributed by atoms with Gasteiger partial charge in [0.25, 0.3) is 5.91 Å². The van der Waals surface area contributed by atoms with Crippen molar-refractivity contribution in [2.75, 3.05) is 45.7 Å². The second-order valence-corrected chi connectivity index (χ2v) is 10.5. The second-order valence-electron chi connectivity index (χ2n) is 10.5. The van der Waals surface area contributed by atoms with E-state index >= 15 is 0 Å². The molecule has 3 aromatic rings. The van der Waals surface area contributed by atoms with Crippen LogP contribution in [0.4, 0.5) is 5.69 Å². The highest BCUT2D eigenvalue weighted by Crippen LogP contribution is 2.31. The van der Waals surface area contributed by atoms with E-state index in [0.717, 1.165) is 12.2 Å². The lowest BCUT2D eigenvalue weighted by Crippen LogP contribution is -2.49. The van der Waals surface area contributed by atoms with Gasteiger partial charge < -0.3 is 19.6 Å². The normalized spacial score (nSPS) is 18.6. The summed E-state index contributed by atoms with van der Waals surface area (Å²) in [7, 11) is 6.02. The summed E-state index contributed by atoms with van der Waals surface area (Å²) in [6, 6.07) is 24.6. The van der Waals surface area contributed by atoms with E-state index in [4.69, 9.17) is 4.74 Å². The van der Waals surface area contributed by atoms with Gasteiger partial charge in [0.05, 0.1) is 18.2 Å². The number of amides is 1. The van der Waals surface area contributed by atoms with Crippen molar-refractivity contribution < 1.29 is 14.6 Å². The van der Waals surface area contributed by atoms with E-state index in [0.29, 0.717) is 24.4 Å². The zero-order valence-electron chi connectivity index (χ0n) is 22.6. The number of hydrogen-bond donors (Lipinski definition) is 1. The van der Waals surface area contributed by atoms with Gasteiger partial charge in [-0.3, -0.25) is 9.69 Å². The maximum absolute atomic E-state index is 13.5. The van der Waals surface area contributed by atoms with Gasteiger partial charge in [-0.05, 0) is 48.9 Å². The van der Waals surface area contributed by atoms with Gasteiger partial charge in [-0.1, -0.05) is 61.5 Å². The Labute approximate surface area is 221 Å².